The molecule has 1 heterocycles. The van der Waals surface area contributed by atoms with E-state index < -0.39 is 10.0 Å². The van der Waals surface area contributed by atoms with E-state index in [4.69, 9.17) is 15.2 Å². The van der Waals surface area contributed by atoms with Crippen molar-refractivity contribution < 1.29 is 17.9 Å². The molecule has 0 saturated carbocycles. The van der Waals surface area contributed by atoms with Gasteiger partial charge in [0.15, 0.2) is 0 Å². The van der Waals surface area contributed by atoms with E-state index in [1.54, 1.807) is 55.6 Å². The van der Waals surface area contributed by atoms with Crippen LogP contribution in [0, 0.1) is 0 Å². The van der Waals surface area contributed by atoms with E-state index in [0.29, 0.717) is 31.0 Å². The van der Waals surface area contributed by atoms with Crippen LogP contribution in [0.15, 0.2) is 53.4 Å². The van der Waals surface area contributed by atoms with Crippen molar-refractivity contribution in [2.75, 3.05) is 20.2 Å². The monoisotopic (exact) mass is 384 g/mol. The van der Waals surface area contributed by atoms with Crippen LogP contribution in [0.2, 0.25) is 0 Å². The molecular formula is C17H21ClN2O4S. The lowest BCUT2D eigenvalue weighted by Gasteiger charge is -2.16. The molecule has 0 amide bonds. The SMILES string of the molecule is COc1ccc(Oc2ccc(S(=O)(=O)N3CC[C@@H](N)C3)cc2)cc1.Cl. The van der Waals surface area contributed by atoms with Crippen LogP contribution in [0.4, 0.5) is 0 Å². The van der Waals surface area contributed by atoms with E-state index in [1.807, 2.05) is 0 Å². The molecule has 2 aromatic carbocycles. The first-order valence-corrected chi connectivity index (χ1v) is 9.11. The van der Waals surface area contributed by atoms with Crippen LogP contribution in [-0.2, 0) is 10.0 Å². The number of hydrogen-bond acceptors (Lipinski definition) is 5. The van der Waals surface area contributed by atoms with Gasteiger partial charge in [-0.3, -0.25) is 0 Å². The predicted octanol–water partition coefficient (Wildman–Crippen LogP) is 2.63. The molecule has 136 valence electrons. The molecule has 2 aromatic rings. The summed E-state index contributed by atoms with van der Waals surface area (Å²) in [5.74, 6) is 1.96. The molecule has 1 aliphatic heterocycles. The van der Waals surface area contributed by atoms with Crippen molar-refractivity contribution in [1.29, 1.82) is 0 Å². The van der Waals surface area contributed by atoms with Crippen LogP contribution < -0.4 is 15.2 Å². The van der Waals surface area contributed by atoms with E-state index >= 15 is 0 Å². The average molecular weight is 385 g/mol. The minimum Gasteiger partial charge on any atom is -0.497 e. The Bertz CT molecular complexity index is 794. The van der Waals surface area contributed by atoms with Gasteiger partial charge < -0.3 is 15.2 Å². The standard InChI is InChI=1S/C17H20N2O4S.ClH/c1-22-14-2-4-15(5-3-14)23-16-6-8-17(9-7-16)24(20,21)19-11-10-13(18)12-19;/h2-9,13H,10-12,18H2,1H3;1H/t13-;/m1./s1. The minimum atomic E-state index is -3.49. The summed E-state index contributed by atoms with van der Waals surface area (Å²) in [7, 11) is -1.89. The molecule has 2 N–H and O–H groups in total. The van der Waals surface area contributed by atoms with E-state index in [1.165, 1.54) is 4.31 Å². The van der Waals surface area contributed by atoms with E-state index in [9.17, 15) is 8.42 Å². The van der Waals surface area contributed by atoms with Crippen molar-refractivity contribution in [3.8, 4) is 17.2 Å². The maximum absolute atomic E-state index is 12.5. The van der Waals surface area contributed by atoms with Gasteiger partial charge in [-0.05, 0) is 55.0 Å². The number of ether oxygens (including phenoxy) is 2. The molecule has 0 spiro atoms. The van der Waals surface area contributed by atoms with Gasteiger partial charge in [-0.2, -0.15) is 4.31 Å². The van der Waals surface area contributed by atoms with Crippen molar-refractivity contribution in [2.45, 2.75) is 17.4 Å². The highest BCUT2D eigenvalue weighted by molar-refractivity contribution is 7.89. The van der Waals surface area contributed by atoms with Crippen LogP contribution in [0.25, 0.3) is 0 Å². The van der Waals surface area contributed by atoms with Crippen LogP contribution in [0.1, 0.15) is 6.42 Å². The lowest BCUT2D eigenvalue weighted by molar-refractivity contribution is 0.413. The Morgan fingerprint density at radius 2 is 1.52 bits per heavy atom. The predicted molar refractivity (Wildman–Crippen MR) is 98.1 cm³/mol. The van der Waals surface area contributed by atoms with Gasteiger partial charge in [-0.15, -0.1) is 12.4 Å². The molecule has 0 aromatic heterocycles. The number of benzene rings is 2. The van der Waals surface area contributed by atoms with Gasteiger partial charge in [0.2, 0.25) is 10.0 Å². The van der Waals surface area contributed by atoms with Crippen LogP contribution in [-0.4, -0.2) is 39.0 Å². The largest absolute Gasteiger partial charge is 0.497 e. The van der Waals surface area contributed by atoms with E-state index in [-0.39, 0.29) is 23.3 Å². The Balaban J connectivity index is 0.00000225. The maximum atomic E-state index is 12.5. The number of hydrogen-bond donors (Lipinski definition) is 1. The molecule has 1 fully saturated rings. The van der Waals surface area contributed by atoms with Gasteiger partial charge in [0.1, 0.15) is 17.2 Å². The summed E-state index contributed by atoms with van der Waals surface area (Å²) in [6.45, 7) is 0.833. The van der Waals surface area contributed by atoms with Crippen molar-refractivity contribution >= 4 is 22.4 Å². The lowest BCUT2D eigenvalue weighted by Crippen LogP contribution is -2.31. The summed E-state index contributed by atoms with van der Waals surface area (Å²) in [6.07, 6.45) is 0.692. The third kappa shape index (κ3) is 4.43. The summed E-state index contributed by atoms with van der Waals surface area (Å²) >= 11 is 0. The number of nitrogens with two attached hydrogens (primary N) is 1. The van der Waals surface area contributed by atoms with Crippen molar-refractivity contribution in [2.24, 2.45) is 5.73 Å². The molecular weight excluding hydrogens is 364 g/mol. The number of halogens is 1. The third-order valence-electron chi connectivity index (χ3n) is 3.94. The fourth-order valence-corrected chi connectivity index (χ4v) is 4.09. The Kier molecular flexibility index (Phi) is 6.29. The second kappa shape index (κ2) is 8.05. The first-order valence-electron chi connectivity index (χ1n) is 7.67. The van der Waals surface area contributed by atoms with Gasteiger partial charge in [0.05, 0.1) is 12.0 Å². The zero-order valence-corrected chi connectivity index (χ0v) is 15.4. The minimum absolute atomic E-state index is 0. The highest BCUT2D eigenvalue weighted by atomic mass is 35.5. The molecule has 0 bridgehead atoms. The average Bonchev–Trinajstić information content (AvgIpc) is 3.03. The molecule has 8 heteroatoms. The molecule has 0 aliphatic carbocycles. The Morgan fingerprint density at radius 1 is 1.00 bits per heavy atom. The van der Waals surface area contributed by atoms with Crippen molar-refractivity contribution in [1.82, 2.24) is 4.31 Å². The number of rotatable bonds is 5. The molecule has 0 radical (unpaired) electrons. The first-order chi connectivity index (χ1) is 11.5. The molecule has 3 rings (SSSR count). The van der Waals surface area contributed by atoms with Crippen molar-refractivity contribution in [3.63, 3.8) is 0 Å². The Hall–Kier alpha value is -1.80. The second-order valence-corrected chi connectivity index (χ2v) is 7.60. The summed E-state index contributed by atoms with van der Waals surface area (Å²) < 4.78 is 37.3. The summed E-state index contributed by atoms with van der Waals surface area (Å²) in [5.41, 5.74) is 5.80. The van der Waals surface area contributed by atoms with Gasteiger partial charge in [-0.1, -0.05) is 0 Å². The van der Waals surface area contributed by atoms with Crippen molar-refractivity contribution in [3.05, 3.63) is 48.5 Å². The molecule has 1 saturated heterocycles. The summed E-state index contributed by atoms with van der Waals surface area (Å²) in [4.78, 5) is 0.249. The van der Waals surface area contributed by atoms with Gasteiger partial charge in [0, 0.05) is 19.1 Å². The van der Waals surface area contributed by atoms with Crippen LogP contribution >= 0.6 is 12.4 Å². The third-order valence-corrected chi connectivity index (χ3v) is 5.82. The van der Waals surface area contributed by atoms with Crippen LogP contribution in [0.5, 0.6) is 17.2 Å². The fraction of sp³-hybridized carbons (Fsp3) is 0.294. The normalized spacial score (nSPS) is 17.8. The van der Waals surface area contributed by atoms with E-state index in [0.717, 1.165) is 5.75 Å². The molecule has 1 aliphatic rings. The number of methoxy groups -OCH3 is 1. The molecule has 25 heavy (non-hydrogen) atoms. The van der Waals surface area contributed by atoms with E-state index in [2.05, 4.69) is 0 Å². The molecule has 0 unspecified atom stereocenters. The number of sulfonamides is 1. The fourth-order valence-electron chi connectivity index (χ4n) is 2.58. The molecule has 6 nitrogen and oxygen atoms in total. The van der Waals surface area contributed by atoms with Crippen LogP contribution in [0.3, 0.4) is 0 Å². The van der Waals surface area contributed by atoms with Gasteiger partial charge >= 0.3 is 0 Å². The zero-order chi connectivity index (χ0) is 17.2. The quantitative estimate of drug-likeness (QED) is 0.856. The first kappa shape index (κ1) is 19.5. The number of nitrogens with zero attached hydrogens (tertiary/aromatic N) is 1. The summed E-state index contributed by atoms with van der Waals surface area (Å²) in [5, 5.41) is 0. The van der Waals surface area contributed by atoms with Gasteiger partial charge in [0.25, 0.3) is 0 Å². The smallest absolute Gasteiger partial charge is 0.243 e. The zero-order valence-electron chi connectivity index (χ0n) is 13.8. The lowest BCUT2D eigenvalue weighted by atomic mass is 10.3. The molecule has 1 atom stereocenters. The topological polar surface area (TPSA) is 81.9 Å². The maximum Gasteiger partial charge on any atom is 0.243 e. The summed E-state index contributed by atoms with van der Waals surface area (Å²) in [6, 6.07) is 13.5. The Morgan fingerprint density at radius 3 is 2.00 bits per heavy atom. The second-order valence-electron chi connectivity index (χ2n) is 5.66. The highest BCUT2D eigenvalue weighted by Crippen LogP contribution is 2.26. The highest BCUT2D eigenvalue weighted by Gasteiger charge is 2.30. The Labute approximate surface area is 154 Å². The van der Waals surface area contributed by atoms with Gasteiger partial charge in [-0.25, -0.2) is 8.42 Å².